The summed E-state index contributed by atoms with van der Waals surface area (Å²) in [6, 6.07) is 7.19. The number of benzene rings is 2. The van der Waals surface area contributed by atoms with Crippen molar-refractivity contribution in [2.24, 2.45) is 5.73 Å². The van der Waals surface area contributed by atoms with E-state index in [0.29, 0.717) is 5.56 Å². The van der Waals surface area contributed by atoms with Gasteiger partial charge in [0.25, 0.3) is 0 Å². The van der Waals surface area contributed by atoms with Crippen LogP contribution in [0, 0.1) is 17.5 Å². The van der Waals surface area contributed by atoms with Crippen molar-refractivity contribution in [3.63, 3.8) is 0 Å². The van der Waals surface area contributed by atoms with Crippen molar-refractivity contribution in [1.29, 1.82) is 0 Å². The summed E-state index contributed by atoms with van der Waals surface area (Å²) in [4.78, 5) is 0. The van der Waals surface area contributed by atoms with Gasteiger partial charge in [-0.15, -0.1) is 0 Å². The molecule has 2 rings (SSSR count). The molecule has 2 aromatic rings. The Morgan fingerprint density at radius 3 is 2.22 bits per heavy atom. The van der Waals surface area contributed by atoms with Crippen LogP contribution in [0.1, 0.15) is 5.56 Å². The Balaban J connectivity index is 2.35. The second-order valence-corrected chi connectivity index (χ2v) is 3.65. The molecule has 18 heavy (non-hydrogen) atoms. The summed E-state index contributed by atoms with van der Waals surface area (Å²) in [5.74, 6) is -2.85. The van der Waals surface area contributed by atoms with Gasteiger partial charge in [0.1, 0.15) is 11.6 Å². The molecule has 0 fully saturated rings. The predicted molar refractivity (Wildman–Crippen MR) is 60.7 cm³/mol. The first-order chi connectivity index (χ1) is 8.60. The minimum absolute atomic E-state index is 0.0216. The fourth-order valence-electron chi connectivity index (χ4n) is 1.48. The number of hydrogen-bond donors (Lipinski definition) is 1. The number of ether oxygens (including phenoxy) is 1. The maximum atomic E-state index is 13.6. The van der Waals surface area contributed by atoms with Crippen molar-refractivity contribution in [1.82, 2.24) is 0 Å². The molecular weight excluding hydrogens is 243 g/mol. The third kappa shape index (κ3) is 2.62. The zero-order valence-corrected chi connectivity index (χ0v) is 9.29. The Bertz CT molecular complexity index is 549. The molecule has 0 aliphatic rings. The standard InChI is InChI=1S/C13H10F3NO/c14-9-2-1-3-10(6-9)18-13-11(15)4-8(7-17)5-12(13)16/h1-6H,7,17H2. The van der Waals surface area contributed by atoms with Gasteiger partial charge >= 0.3 is 0 Å². The molecule has 0 unspecified atom stereocenters. The van der Waals surface area contributed by atoms with Gasteiger partial charge in [0.2, 0.25) is 0 Å². The van der Waals surface area contributed by atoms with Gasteiger partial charge < -0.3 is 10.5 Å². The van der Waals surface area contributed by atoms with Gasteiger partial charge in [-0.2, -0.15) is 0 Å². The first-order valence-electron chi connectivity index (χ1n) is 5.21. The van der Waals surface area contributed by atoms with Gasteiger partial charge in [0, 0.05) is 12.6 Å². The van der Waals surface area contributed by atoms with Crippen molar-refractivity contribution in [3.05, 3.63) is 59.4 Å². The summed E-state index contributed by atoms with van der Waals surface area (Å²) in [5.41, 5.74) is 5.60. The Morgan fingerprint density at radius 1 is 1.00 bits per heavy atom. The lowest BCUT2D eigenvalue weighted by Crippen LogP contribution is -2.00. The molecule has 5 heteroatoms. The summed E-state index contributed by atoms with van der Waals surface area (Å²) in [6.45, 7) is 0.0219. The summed E-state index contributed by atoms with van der Waals surface area (Å²) < 4.78 is 45.0. The zero-order valence-electron chi connectivity index (χ0n) is 9.29. The Labute approximate surface area is 102 Å². The minimum Gasteiger partial charge on any atom is -0.451 e. The van der Waals surface area contributed by atoms with Gasteiger partial charge in [0.15, 0.2) is 17.4 Å². The topological polar surface area (TPSA) is 35.2 Å². The number of rotatable bonds is 3. The van der Waals surface area contributed by atoms with Crippen LogP contribution in [-0.2, 0) is 6.54 Å². The fourth-order valence-corrected chi connectivity index (χ4v) is 1.48. The second kappa shape index (κ2) is 5.10. The van der Waals surface area contributed by atoms with Crippen molar-refractivity contribution in [2.45, 2.75) is 6.54 Å². The molecule has 0 saturated carbocycles. The first-order valence-corrected chi connectivity index (χ1v) is 5.21. The second-order valence-electron chi connectivity index (χ2n) is 3.65. The van der Waals surface area contributed by atoms with E-state index in [9.17, 15) is 13.2 Å². The number of nitrogens with two attached hydrogens (primary N) is 1. The highest BCUT2D eigenvalue weighted by molar-refractivity contribution is 5.36. The highest BCUT2D eigenvalue weighted by Crippen LogP contribution is 2.28. The lowest BCUT2D eigenvalue weighted by molar-refractivity contribution is 0.404. The van der Waals surface area contributed by atoms with Gasteiger partial charge in [-0.25, -0.2) is 13.2 Å². The fraction of sp³-hybridized carbons (Fsp3) is 0.0769. The van der Waals surface area contributed by atoms with Crippen molar-refractivity contribution < 1.29 is 17.9 Å². The Hall–Kier alpha value is -2.01. The predicted octanol–water partition coefficient (Wildman–Crippen LogP) is 3.35. The molecule has 0 amide bonds. The Kier molecular flexibility index (Phi) is 3.53. The normalized spacial score (nSPS) is 10.4. The molecule has 0 aliphatic carbocycles. The third-order valence-corrected chi connectivity index (χ3v) is 2.31. The van der Waals surface area contributed by atoms with E-state index in [0.717, 1.165) is 18.2 Å². The smallest absolute Gasteiger partial charge is 0.198 e. The molecule has 2 nitrogen and oxygen atoms in total. The first kappa shape index (κ1) is 12.4. The molecule has 0 saturated heterocycles. The molecule has 0 atom stereocenters. The summed E-state index contributed by atoms with van der Waals surface area (Å²) in [5, 5.41) is 0. The van der Waals surface area contributed by atoms with Crippen LogP contribution in [0.5, 0.6) is 11.5 Å². The van der Waals surface area contributed by atoms with E-state index in [4.69, 9.17) is 10.5 Å². The average molecular weight is 253 g/mol. The summed E-state index contributed by atoms with van der Waals surface area (Å²) in [6.07, 6.45) is 0. The van der Waals surface area contributed by atoms with Crippen LogP contribution in [-0.4, -0.2) is 0 Å². The maximum absolute atomic E-state index is 13.6. The number of hydrogen-bond acceptors (Lipinski definition) is 2. The van der Waals surface area contributed by atoms with E-state index in [-0.39, 0.29) is 12.3 Å². The molecule has 94 valence electrons. The molecule has 2 aromatic carbocycles. The van der Waals surface area contributed by atoms with Gasteiger partial charge in [-0.1, -0.05) is 6.07 Å². The highest BCUT2D eigenvalue weighted by atomic mass is 19.1. The largest absolute Gasteiger partial charge is 0.451 e. The van der Waals surface area contributed by atoms with Crippen molar-refractivity contribution in [2.75, 3.05) is 0 Å². The zero-order chi connectivity index (χ0) is 13.1. The molecule has 2 N–H and O–H groups in total. The van der Waals surface area contributed by atoms with Crippen LogP contribution in [0.4, 0.5) is 13.2 Å². The SMILES string of the molecule is NCc1cc(F)c(Oc2cccc(F)c2)c(F)c1. The molecule has 0 heterocycles. The van der Waals surface area contributed by atoms with Crippen LogP contribution in [0.3, 0.4) is 0 Å². The van der Waals surface area contributed by atoms with Crippen LogP contribution in [0.2, 0.25) is 0 Å². The monoisotopic (exact) mass is 253 g/mol. The maximum Gasteiger partial charge on any atom is 0.198 e. The molecule has 0 aliphatic heterocycles. The van der Waals surface area contributed by atoms with Crippen molar-refractivity contribution in [3.8, 4) is 11.5 Å². The van der Waals surface area contributed by atoms with Crippen LogP contribution < -0.4 is 10.5 Å². The van der Waals surface area contributed by atoms with E-state index < -0.39 is 23.2 Å². The lowest BCUT2D eigenvalue weighted by atomic mass is 10.2. The van der Waals surface area contributed by atoms with Crippen molar-refractivity contribution >= 4 is 0 Å². The number of halogens is 3. The van der Waals surface area contributed by atoms with Crippen LogP contribution in [0.25, 0.3) is 0 Å². The molecule has 0 bridgehead atoms. The van der Waals surface area contributed by atoms with Crippen LogP contribution in [0.15, 0.2) is 36.4 Å². The van der Waals surface area contributed by atoms with Gasteiger partial charge in [-0.05, 0) is 29.8 Å². The summed E-state index contributed by atoms with van der Waals surface area (Å²) in [7, 11) is 0. The molecular formula is C13H10F3NO. The quantitative estimate of drug-likeness (QED) is 0.910. The summed E-state index contributed by atoms with van der Waals surface area (Å²) >= 11 is 0. The van der Waals surface area contributed by atoms with Crippen LogP contribution >= 0.6 is 0 Å². The Morgan fingerprint density at radius 2 is 1.67 bits per heavy atom. The lowest BCUT2D eigenvalue weighted by Gasteiger charge is -2.09. The van der Waals surface area contributed by atoms with E-state index in [2.05, 4.69) is 0 Å². The third-order valence-electron chi connectivity index (χ3n) is 2.31. The van der Waals surface area contributed by atoms with E-state index >= 15 is 0 Å². The average Bonchev–Trinajstić information content (AvgIpc) is 2.33. The minimum atomic E-state index is -0.875. The van der Waals surface area contributed by atoms with E-state index in [1.807, 2.05) is 0 Å². The van der Waals surface area contributed by atoms with Gasteiger partial charge in [-0.3, -0.25) is 0 Å². The molecule has 0 aromatic heterocycles. The molecule has 0 radical (unpaired) electrons. The van der Waals surface area contributed by atoms with E-state index in [1.54, 1.807) is 0 Å². The van der Waals surface area contributed by atoms with E-state index in [1.165, 1.54) is 18.2 Å². The molecule has 0 spiro atoms. The van der Waals surface area contributed by atoms with Gasteiger partial charge in [0.05, 0.1) is 0 Å². The highest BCUT2D eigenvalue weighted by Gasteiger charge is 2.13.